The van der Waals surface area contributed by atoms with Crippen molar-refractivity contribution in [3.63, 3.8) is 0 Å². The van der Waals surface area contributed by atoms with Crippen LogP contribution in [0.25, 0.3) is 21.3 Å². The van der Waals surface area contributed by atoms with Gasteiger partial charge in [-0.05, 0) is 37.1 Å². The number of anilines is 2. The summed E-state index contributed by atoms with van der Waals surface area (Å²) in [7, 11) is 0. The van der Waals surface area contributed by atoms with Crippen molar-refractivity contribution in [2.75, 3.05) is 5.32 Å². The van der Waals surface area contributed by atoms with Crippen molar-refractivity contribution < 1.29 is 0 Å². The second-order valence-electron chi connectivity index (χ2n) is 5.96. The summed E-state index contributed by atoms with van der Waals surface area (Å²) >= 11 is 7.88. The van der Waals surface area contributed by atoms with E-state index < -0.39 is 0 Å². The van der Waals surface area contributed by atoms with Gasteiger partial charge in [0.05, 0.1) is 5.39 Å². The predicted octanol–water partition coefficient (Wildman–Crippen LogP) is 6.37. The Morgan fingerprint density at radius 1 is 1.00 bits per heavy atom. The van der Waals surface area contributed by atoms with Crippen molar-refractivity contribution in [3.8, 4) is 11.1 Å². The van der Waals surface area contributed by atoms with Gasteiger partial charge in [-0.1, -0.05) is 47.5 Å². The monoisotopic (exact) mass is 365 g/mol. The zero-order chi connectivity index (χ0) is 17.4. The number of nitrogens with zero attached hydrogens (tertiary/aromatic N) is 2. The maximum atomic E-state index is 6.25. The van der Waals surface area contributed by atoms with Gasteiger partial charge in [0.2, 0.25) is 0 Å². The quantitative estimate of drug-likeness (QED) is 0.458. The standard InChI is InChI=1S/C20H16ClN3S/c1-12-6-8-14(9-7-12)15-10-25-20-18(15)19(22-11-23-20)24-17-5-3-4-16(21)13(17)2/h3-11H,1-2H3,(H,22,23,24). The summed E-state index contributed by atoms with van der Waals surface area (Å²) in [6, 6.07) is 14.3. The summed E-state index contributed by atoms with van der Waals surface area (Å²) in [6.45, 7) is 4.09. The zero-order valence-corrected chi connectivity index (χ0v) is 15.4. The molecule has 1 N–H and O–H groups in total. The number of halogens is 1. The fourth-order valence-electron chi connectivity index (χ4n) is 2.79. The Labute approximate surface area is 155 Å². The maximum Gasteiger partial charge on any atom is 0.143 e. The number of hydrogen-bond donors (Lipinski definition) is 1. The van der Waals surface area contributed by atoms with Crippen LogP contribution in [0.15, 0.2) is 54.2 Å². The SMILES string of the molecule is Cc1ccc(-c2csc3ncnc(Nc4cccc(Cl)c4C)c23)cc1. The van der Waals surface area contributed by atoms with Crippen LogP contribution in [0.4, 0.5) is 11.5 Å². The number of rotatable bonds is 3. The molecule has 0 amide bonds. The Morgan fingerprint density at radius 3 is 2.60 bits per heavy atom. The van der Waals surface area contributed by atoms with E-state index in [-0.39, 0.29) is 0 Å². The van der Waals surface area contributed by atoms with Gasteiger partial charge in [-0.15, -0.1) is 11.3 Å². The number of nitrogens with one attached hydrogen (secondary N) is 1. The Morgan fingerprint density at radius 2 is 1.80 bits per heavy atom. The van der Waals surface area contributed by atoms with Crippen LogP contribution in [-0.4, -0.2) is 9.97 Å². The van der Waals surface area contributed by atoms with E-state index in [0.29, 0.717) is 0 Å². The van der Waals surface area contributed by atoms with Crippen LogP contribution in [0.5, 0.6) is 0 Å². The first kappa shape index (κ1) is 16.1. The molecule has 0 radical (unpaired) electrons. The van der Waals surface area contributed by atoms with Gasteiger partial charge >= 0.3 is 0 Å². The van der Waals surface area contributed by atoms with Gasteiger partial charge in [0.1, 0.15) is 17.0 Å². The Hall–Kier alpha value is -2.43. The minimum atomic E-state index is 0.736. The highest BCUT2D eigenvalue weighted by molar-refractivity contribution is 7.17. The van der Waals surface area contributed by atoms with Crippen molar-refractivity contribution in [3.05, 3.63) is 70.3 Å². The van der Waals surface area contributed by atoms with Crippen LogP contribution in [-0.2, 0) is 0 Å². The fourth-order valence-corrected chi connectivity index (χ4v) is 3.88. The third kappa shape index (κ3) is 2.99. The molecule has 0 spiro atoms. The molecule has 0 saturated carbocycles. The van der Waals surface area contributed by atoms with E-state index in [2.05, 4.69) is 51.9 Å². The molecule has 0 saturated heterocycles. The number of thiophene rings is 1. The number of aryl methyl sites for hydroxylation is 1. The van der Waals surface area contributed by atoms with Gasteiger partial charge in [0.25, 0.3) is 0 Å². The highest BCUT2D eigenvalue weighted by Crippen LogP contribution is 2.38. The summed E-state index contributed by atoms with van der Waals surface area (Å²) in [5.41, 5.74) is 5.50. The van der Waals surface area contributed by atoms with Crippen LogP contribution >= 0.6 is 22.9 Å². The molecular weight excluding hydrogens is 350 g/mol. The van der Waals surface area contributed by atoms with E-state index >= 15 is 0 Å². The lowest BCUT2D eigenvalue weighted by atomic mass is 10.0. The molecule has 2 aromatic heterocycles. The first-order valence-corrected chi connectivity index (χ1v) is 9.20. The average molecular weight is 366 g/mol. The minimum absolute atomic E-state index is 0.736. The molecule has 25 heavy (non-hydrogen) atoms. The Balaban J connectivity index is 1.86. The predicted molar refractivity (Wildman–Crippen MR) is 107 cm³/mol. The molecule has 0 aliphatic heterocycles. The molecule has 0 aliphatic rings. The molecule has 0 aliphatic carbocycles. The van der Waals surface area contributed by atoms with Gasteiger partial charge in [0.15, 0.2) is 0 Å². The smallest absolute Gasteiger partial charge is 0.143 e. The normalized spacial score (nSPS) is 11.0. The lowest BCUT2D eigenvalue weighted by molar-refractivity contribution is 1.23. The Bertz CT molecular complexity index is 1050. The third-order valence-corrected chi connectivity index (χ3v) is 5.55. The molecule has 5 heteroatoms. The van der Waals surface area contributed by atoms with E-state index in [1.807, 2.05) is 25.1 Å². The number of hydrogen-bond acceptors (Lipinski definition) is 4. The molecule has 2 aromatic carbocycles. The van der Waals surface area contributed by atoms with Gasteiger partial charge in [-0.25, -0.2) is 9.97 Å². The second-order valence-corrected chi connectivity index (χ2v) is 7.22. The van der Waals surface area contributed by atoms with Crippen LogP contribution in [0.3, 0.4) is 0 Å². The number of benzene rings is 2. The topological polar surface area (TPSA) is 37.8 Å². The zero-order valence-electron chi connectivity index (χ0n) is 13.9. The van der Waals surface area contributed by atoms with Crippen molar-refractivity contribution in [2.24, 2.45) is 0 Å². The van der Waals surface area contributed by atoms with Crippen molar-refractivity contribution in [1.29, 1.82) is 0 Å². The largest absolute Gasteiger partial charge is 0.339 e. The molecule has 0 bridgehead atoms. The van der Waals surface area contributed by atoms with Gasteiger partial charge < -0.3 is 5.32 Å². The molecule has 0 atom stereocenters. The molecule has 2 heterocycles. The first-order valence-electron chi connectivity index (χ1n) is 7.95. The fraction of sp³-hybridized carbons (Fsp3) is 0.100. The first-order chi connectivity index (χ1) is 12.1. The second kappa shape index (κ2) is 6.47. The summed E-state index contributed by atoms with van der Waals surface area (Å²) < 4.78 is 0. The summed E-state index contributed by atoms with van der Waals surface area (Å²) in [5, 5.41) is 7.35. The van der Waals surface area contributed by atoms with Gasteiger partial charge in [-0.2, -0.15) is 0 Å². The van der Waals surface area contributed by atoms with Crippen molar-refractivity contribution in [2.45, 2.75) is 13.8 Å². The molecule has 0 fully saturated rings. The maximum absolute atomic E-state index is 6.25. The van der Waals surface area contributed by atoms with Crippen LogP contribution in [0.2, 0.25) is 5.02 Å². The highest BCUT2D eigenvalue weighted by Gasteiger charge is 2.14. The summed E-state index contributed by atoms with van der Waals surface area (Å²) in [4.78, 5) is 9.88. The van der Waals surface area contributed by atoms with Gasteiger partial charge in [0, 0.05) is 21.7 Å². The summed E-state index contributed by atoms with van der Waals surface area (Å²) in [5.74, 6) is 0.798. The molecular formula is C20H16ClN3S. The Kier molecular flexibility index (Phi) is 4.15. The van der Waals surface area contributed by atoms with Crippen LogP contribution < -0.4 is 5.32 Å². The van der Waals surface area contributed by atoms with Crippen LogP contribution in [0.1, 0.15) is 11.1 Å². The van der Waals surface area contributed by atoms with E-state index in [1.54, 1.807) is 17.7 Å². The van der Waals surface area contributed by atoms with Crippen LogP contribution in [0, 0.1) is 13.8 Å². The molecule has 3 nitrogen and oxygen atoms in total. The molecule has 4 rings (SSSR count). The number of fused-ring (bicyclic) bond motifs is 1. The lowest BCUT2D eigenvalue weighted by Crippen LogP contribution is -1.97. The number of aromatic nitrogens is 2. The molecule has 124 valence electrons. The van der Waals surface area contributed by atoms with Crippen molar-refractivity contribution >= 4 is 44.7 Å². The van der Waals surface area contributed by atoms with Gasteiger partial charge in [-0.3, -0.25) is 0 Å². The van der Waals surface area contributed by atoms with E-state index in [4.69, 9.17) is 11.6 Å². The highest BCUT2D eigenvalue weighted by atomic mass is 35.5. The van der Waals surface area contributed by atoms with Crippen molar-refractivity contribution in [1.82, 2.24) is 9.97 Å². The van der Waals surface area contributed by atoms with E-state index in [1.165, 1.54) is 5.56 Å². The minimum Gasteiger partial charge on any atom is -0.339 e. The third-order valence-electron chi connectivity index (χ3n) is 4.25. The summed E-state index contributed by atoms with van der Waals surface area (Å²) in [6.07, 6.45) is 1.60. The lowest BCUT2D eigenvalue weighted by Gasteiger charge is -2.11. The molecule has 4 aromatic rings. The molecule has 0 unspecified atom stereocenters. The average Bonchev–Trinajstić information content (AvgIpc) is 3.05. The van der Waals surface area contributed by atoms with E-state index in [0.717, 1.165) is 43.4 Å². The van der Waals surface area contributed by atoms with E-state index in [9.17, 15) is 0 Å².